The van der Waals surface area contributed by atoms with Crippen molar-refractivity contribution in [2.45, 2.75) is 24.7 Å². The van der Waals surface area contributed by atoms with Crippen molar-refractivity contribution in [3.05, 3.63) is 24.3 Å². The summed E-state index contributed by atoms with van der Waals surface area (Å²) < 4.78 is 32.5. The van der Waals surface area contributed by atoms with Crippen molar-refractivity contribution in [2.75, 3.05) is 32.8 Å². The summed E-state index contributed by atoms with van der Waals surface area (Å²) in [7, 11) is -3.57. The van der Waals surface area contributed by atoms with Gasteiger partial charge in [-0.3, -0.25) is 4.79 Å². The van der Waals surface area contributed by atoms with Crippen LogP contribution in [0.5, 0.6) is 5.75 Å². The van der Waals surface area contributed by atoms with Gasteiger partial charge < -0.3 is 15.2 Å². The average molecular weight is 393 g/mol. The van der Waals surface area contributed by atoms with Gasteiger partial charge in [-0.05, 0) is 44.4 Å². The number of carbonyl (C=O) groups is 1. The van der Waals surface area contributed by atoms with Crippen molar-refractivity contribution in [2.24, 2.45) is 5.92 Å². The molecule has 25 heavy (non-hydrogen) atoms. The molecular formula is C16H25ClN2O5S. The number of ether oxygens (including phenoxy) is 1. The largest absolute Gasteiger partial charge is 0.494 e. The summed E-state index contributed by atoms with van der Waals surface area (Å²) in [5.41, 5.74) is 0. The van der Waals surface area contributed by atoms with Crippen molar-refractivity contribution < 1.29 is 23.1 Å². The fourth-order valence-electron chi connectivity index (χ4n) is 2.84. The molecule has 1 heterocycles. The lowest BCUT2D eigenvalue weighted by Gasteiger charge is -2.32. The first kappa shape index (κ1) is 21.7. The fraction of sp³-hybridized carbons (Fsp3) is 0.562. The zero-order valence-electron chi connectivity index (χ0n) is 14.2. The summed E-state index contributed by atoms with van der Waals surface area (Å²) in [6, 6.07) is 6.53. The third-order valence-electron chi connectivity index (χ3n) is 3.95. The van der Waals surface area contributed by atoms with Crippen LogP contribution in [0.4, 0.5) is 0 Å². The third kappa shape index (κ3) is 6.14. The van der Waals surface area contributed by atoms with E-state index in [1.165, 1.54) is 4.31 Å². The molecule has 1 atom stereocenters. The van der Waals surface area contributed by atoms with E-state index in [9.17, 15) is 13.2 Å². The molecule has 1 fully saturated rings. The molecule has 142 valence electrons. The Balaban J connectivity index is 0.00000312. The van der Waals surface area contributed by atoms with Gasteiger partial charge in [0.1, 0.15) is 5.75 Å². The minimum Gasteiger partial charge on any atom is -0.494 e. The number of hydrogen-bond donors (Lipinski definition) is 2. The number of hydrogen-bond acceptors (Lipinski definition) is 5. The third-order valence-corrected chi connectivity index (χ3v) is 5.81. The van der Waals surface area contributed by atoms with Gasteiger partial charge in [0.25, 0.3) is 0 Å². The molecule has 1 unspecified atom stereocenters. The molecule has 1 aliphatic heterocycles. The smallest absolute Gasteiger partial charge is 0.317 e. The predicted octanol–water partition coefficient (Wildman–Crippen LogP) is 1.58. The van der Waals surface area contributed by atoms with E-state index in [-0.39, 0.29) is 29.8 Å². The van der Waals surface area contributed by atoms with E-state index in [1.807, 2.05) is 6.92 Å². The number of sulfonamides is 1. The number of benzene rings is 1. The molecule has 0 aromatic heterocycles. The van der Waals surface area contributed by atoms with Gasteiger partial charge in [0.05, 0.1) is 18.0 Å². The Bertz CT molecular complexity index is 668. The van der Waals surface area contributed by atoms with Gasteiger partial charge in [-0.25, -0.2) is 8.42 Å². The maximum absolute atomic E-state index is 12.8. The van der Waals surface area contributed by atoms with Crippen LogP contribution in [-0.4, -0.2) is 56.6 Å². The Kier molecular flexibility index (Phi) is 8.64. The van der Waals surface area contributed by atoms with Crippen LogP contribution < -0.4 is 10.1 Å². The van der Waals surface area contributed by atoms with Crippen LogP contribution in [0, 0.1) is 5.92 Å². The maximum Gasteiger partial charge on any atom is 0.317 e. The summed E-state index contributed by atoms with van der Waals surface area (Å²) in [5, 5.41) is 11.5. The van der Waals surface area contributed by atoms with E-state index >= 15 is 0 Å². The topological polar surface area (TPSA) is 95.9 Å². The summed E-state index contributed by atoms with van der Waals surface area (Å²) in [5.74, 6) is -0.263. The molecule has 0 amide bonds. The molecule has 1 saturated heterocycles. The zero-order valence-corrected chi connectivity index (χ0v) is 15.8. The Morgan fingerprint density at radius 1 is 1.44 bits per heavy atom. The molecule has 0 bridgehead atoms. The van der Waals surface area contributed by atoms with Gasteiger partial charge in [0, 0.05) is 19.2 Å². The highest BCUT2D eigenvalue weighted by atomic mass is 35.5. The molecule has 0 radical (unpaired) electrons. The normalized spacial score (nSPS) is 18.4. The predicted molar refractivity (Wildman–Crippen MR) is 96.8 cm³/mol. The molecule has 2 rings (SSSR count). The summed E-state index contributed by atoms with van der Waals surface area (Å²) in [6.07, 6.45) is 1.65. The lowest BCUT2D eigenvalue weighted by molar-refractivity contribution is -0.136. The molecular weight excluding hydrogens is 368 g/mol. The number of nitrogens with zero attached hydrogens (tertiary/aromatic N) is 1. The van der Waals surface area contributed by atoms with Crippen molar-refractivity contribution in [3.8, 4) is 5.75 Å². The lowest BCUT2D eigenvalue weighted by atomic mass is 10.00. The fourth-order valence-corrected chi connectivity index (χ4v) is 4.43. The second-order valence-corrected chi connectivity index (χ2v) is 7.74. The Morgan fingerprint density at radius 2 is 2.20 bits per heavy atom. The van der Waals surface area contributed by atoms with Gasteiger partial charge >= 0.3 is 5.97 Å². The minimum absolute atomic E-state index is 0. The second kappa shape index (κ2) is 9.96. The van der Waals surface area contributed by atoms with Crippen LogP contribution in [0.25, 0.3) is 0 Å². The van der Waals surface area contributed by atoms with Crippen LogP contribution in [0.1, 0.15) is 19.8 Å². The van der Waals surface area contributed by atoms with Gasteiger partial charge in [0.15, 0.2) is 0 Å². The standard InChI is InChI=1S/C16H24N2O5S.ClH/c1-2-23-14-6-3-7-15(9-14)24(21,22)18-8-4-5-13(12-18)10-17-11-16(19)20;/h3,6-7,9,13,17H,2,4-5,8,10-12H2,1H3,(H,19,20);1H. The highest BCUT2D eigenvalue weighted by Gasteiger charge is 2.30. The number of aliphatic carboxylic acids is 1. The number of piperidine rings is 1. The van der Waals surface area contributed by atoms with Crippen LogP contribution >= 0.6 is 12.4 Å². The lowest BCUT2D eigenvalue weighted by Crippen LogP contribution is -2.43. The number of rotatable bonds is 8. The molecule has 0 spiro atoms. The van der Waals surface area contributed by atoms with Crippen molar-refractivity contribution in [3.63, 3.8) is 0 Å². The molecule has 1 aliphatic rings. The molecule has 0 saturated carbocycles. The molecule has 2 N–H and O–H groups in total. The van der Waals surface area contributed by atoms with Gasteiger partial charge in [-0.2, -0.15) is 4.31 Å². The Hall–Kier alpha value is -1.35. The van der Waals surface area contributed by atoms with Gasteiger partial charge in [0.2, 0.25) is 10.0 Å². The quantitative estimate of drug-likeness (QED) is 0.697. The van der Waals surface area contributed by atoms with Crippen molar-refractivity contribution in [1.29, 1.82) is 0 Å². The van der Waals surface area contributed by atoms with E-state index in [0.29, 0.717) is 32.0 Å². The highest BCUT2D eigenvalue weighted by molar-refractivity contribution is 7.89. The van der Waals surface area contributed by atoms with E-state index in [1.54, 1.807) is 24.3 Å². The molecule has 1 aromatic carbocycles. The van der Waals surface area contributed by atoms with Crippen LogP contribution in [-0.2, 0) is 14.8 Å². The summed E-state index contributed by atoms with van der Waals surface area (Å²) >= 11 is 0. The molecule has 0 aliphatic carbocycles. The van der Waals surface area contributed by atoms with Crippen molar-refractivity contribution >= 4 is 28.4 Å². The van der Waals surface area contributed by atoms with E-state index < -0.39 is 16.0 Å². The maximum atomic E-state index is 12.8. The Labute approximate surface area is 154 Å². The molecule has 1 aromatic rings. The van der Waals surface area contributed by atoms with Crippen LogP contribution in [0.15, 0.2) is 29.2 Å². The second-order valence-electron chi connectivity index (χ2n) is 5.80. The van der Waals surface area contributed by atoms with Gasteiger partial charge in [-0.1, -0.05) is 6.07 Å². The Morgan fingerprint density at radius 3 is 2.88 bits per heavy atom. The summed E-state index contributed by atoms with van der Waals surface area (Å²) in [4.78, 5) is 10.8. The number of halogens is 1. The van der Waals surface area contributed by atoms with E-state index in [2.05, 4.69) is 5.32 Å². The summed E-state index contributed by atoms with van der Waals surface area (Å²) in [6.45, 7) is 3.59. The number of carboxylic acid groups (broad SMARTS) is 1. The zero-order chi connectivity index (χ0) is 17.6. The monoisotopic (exact) mass is 392 g/mol. The van der Waals surface area contributed by atoms with E-state index in [4.69, 9.17) is 9.84 Å². The molecule has 9 heteroatoms. The highest BCUT2D eigenvalue weighted by Crippen LogP contribution is 2.25. The SMILES string of the molecule is CCOc1cccc(S(=O)(=O)N2CCCC(CNCC(=O)O)C2)c1.Cl. The van der Waals surface area contributed by atoms with Crippen molar-refractivity contribution in [1.82, 2.24) is 9.62 Å². The van der Waals surface area contributed by atoms with E-state index in [0.717, 1.165) is 12.8 Å². The van der Waals surface area contributed by atoms with Crippen LogP contribution in [0.3, 0.4) is 0 Å². The first-order chi connectivity index (χ1) is 11.4. The number of carboxylic acids is 1. The van der Waals surface area contributed by atoms with Crippen LogP contribution in [0.2, 0.25) is 0 Å². The number of nitrogens with one attached hydrogen (secondary N) is 1. The van der Waals surface area contributed by atoms with Gasteiger partial charge in [-0.15, -0.1) is 12.4 Å². The first-order valence-corrected chi connectivity index (χ1v) is 9.53. The molecule has 7 nitrogen and oxygen atoms in total. The minimum atomic E-state index is -3.57. The first-order valence-electron chi connectivity index (χ1n) is 8.09. The average Bonchev–Trinajstić information content (AvgIpc) is 2.55.